The van der Waals surface area contributed by atoms with Crippen LogP contribution in [0.2, 0.25) is 0 Å². The Kier molecular flexibility index (Phi) is 3.06. The summed E-state index contributed by atoms with van der Waals surface area (Å²) in [5.74, 6) is 0.328. The standard InChI is InChI=1S/C13H14ClNO3S/c14-19(17,18)11-4-5-12-10(8-11)6-7-15(12)13(16)9-2-1-3-9/h4-5,8-9H,1-3,6-7H2. The number of benzene rings is 1. The molecular formula is C13H14ClNO3S. The second-order valence-electron chi connectivity index (χ2n) is 5.10. The fourth-order valence-corrected chi connectivity index (χ4v) is 3.44. The van der Waals surface area contributed by atoms with Crippen LogP contribution in [0.4, 0.5) is 5.69 Å². The van der Waals surface area contributed by atoms with Gasteiger partial charge in [0.1, 0.15) is 0 Å². The summed E-state index contributed by atoms with van der Waals surface area (Å²) in [4.78, 5) is 14.1. The van der Waals surface area contributed by atoms with Gasteiger partial charge in [0.25, 0.3) is 9.05 Å². The number of halogens is 1. The molecule has 102 valence electrons. The van der Waals surface area contributed by atoms with Crippen LogP contribution in [0, 0.1) is 5.92 Å². The van der Waals surface area contributed by atoms with Crippen LogP contribution in [0.25, 0.3) is 0 Å². The second kappa shape index (κ2) is 4.49. The number of hydrogen-bond acceptors (Lipinski definition) is 3. The molecule has 1 aliphatic carbocycles. The topological polar surface area (TPSA) is 54.5 Å². The maximum Gasteiger partial charge on any atom is 0.261 e. The molecule has 0 N–H and O–H groups in total. The average molecular weight is 300 g/mol. The summed E-state index contributed by atoms with van der Waals surface area (Å²) in [6.45, 7) is 0.635. The van der Waals surface area contributed by atoms with E-state index in [1.807, 2.05) is 0 Å². The minimum absolute atomic E-state index is 0.103. The van der Waals surface area contributed by atoms with Crippen molar-refractivity contribution < 1.29 is 13.2 Å². The predicted molar refractivity (Wildman–Crippen MR) is 72.9 cm³/mol. The molecule has 6 heteroatoms. The number of nitrogens with zero attached hydrogens (tertiary/aromatic N) is 1. The highest BCUT2D eigenvalue weighted by Crippen LogP contribution is 2.35. The molecule has 0 saturated heterocycles. The van der Waals surface area contributed by atoms with Crippen LogP contribution < -0.4 is 4.90 Å². The zero-order valence-electron chi connectivity index (χ0n) is 10.3. The maximum atomic E-state index is 12.3. The zero-order valence-corrected chi connectivity index (χ0v) is 11.9. The SMILES string of the molecule is O=C(C1CCC1)N1CCc2cc(S(=O)(=O)Cl)ccc21. The number of hydrogen-bond donors (Lipinski definition) is 0. The molecule has 19 heavy (non-hydrogen) atoms. The molecule has 0 spiro atoms. The Morgan fingerprint density at radius 3 is 2.63 bits per heavy atom. The number of carbonyl (C=O) groups excluding carboxylic acids is 1. The number of amides is 1. The summed E-state index contributed by atoms with van der Waals surface area (Å²) in [7, 11) is 1.63. The minimum Gasteiger partial charge on any atom is -0.312 e. The number of anilines is 1. The van der Waals surface area contributed by atoms with Gasteiger partial charge in [-0.3, -0.25) is 4.79 Å². The van der Waals surface area contributed by atoms with Crippen molar-refractivity contribution in [3.8, 4) is 0 Å². The van der Waals surface area contributed by atoms with Gasteiger partial charge in [-0.05, 0) is 43.0 Å². The first-order valence-electron chi connectivity index (χ1n) is 6.36. The van der Waals surface area contributed by atoms with Gasteiger partial charge in [0.15, 0.2) is 0 Å². The summed E-state index contributed by atoms with van der Waals surface area (Å²) >= 11 is 0. The first-order chi connectivity index (χ1) is 8.97. The lowest BCUT2D eigenvalue weighted by atomic mass is 9.84. The monoisotopic (exact) mass is 299 g/mol. The number of rotatable bonds is 2. The fraction of sp³-hybridized carbons (Fsp3) is 0.462. The summed E-state index contributed by atoms with van der Waals surface area (Å²) in [5.41, 5.74) is 1.72. The van der Waals surface area contributed by atoms with E-state index >= 15 is 0 Å². The van der Waals surface area contributed by atoms with Crippen molar-refractivity contribution in [2.75, 3.05) is 11.4 Å². The second-order valence-corrected chi connectivity index (χ2v) is 7.66. The Bertz CT molecular complexity index is 637. The predicted octanol–water partition coefficient (Wildman–Crippen LogP) is 2.30. The third-order valence-electron chi connectivity index (χ3n) is 3.95. The van der Waals surface area contributed by atoms with Crippen LogP contribution in [0.5, 0.6) is 0 Å². The molecule has 1 amide bonds. The number of carbonyl (C=O) groups is 1. The van der Waals surface area contributed by atoms with Crippen molar-refractivity contribution >= 4 is 31.3 Å². The van der Waals surface area contributed by atoms with Crippen molar-refractivity contribution in [2.24, 2.45) is 5.92 Å². The molecule has 1 aromatic rings. The maximum absolute atomic E-state index is 12.3. The molecule has 2 aliphatic rings. The quantitative estimate of drug-likeness (QED) is 0.787. The van der Waals surface area contributed by atoms with E-state index in [4.69, 9.17) is 10.7 Å². The van der Waals surface area contributed by atoms with Crippen LogP contribution in [0.1, 0.15) is 24.8 Å². The molecule has 1 heterocycles. The van der Waals surface area contributed by atoms with Gasteiger partial charge in [-0.1, -0.05) is 6.42 Å². The summed E-state index contributed by atoms with van der Waals surface area (Å²) in [6, 6.07) is 4.73. The lowest BCUT2D eigenvalue weighted by Gasteiger charge is -2.29. The molecule has 0 atom stereocenters. The van der Waals surface area contributed by atoms with Gasteiger partial charge >= 0.3 is 0 Å². The lowest BCUT2D eigenvalue weighted by molar-refractivity contribution is -0.124. The zero-order chi connectivity index (χ0) is 13.6. The largest absolute Gasteiger partial charge is 0.312 e. The average Bonchev–Trinajstić information content (AvgIpc) is 2.67. The van der Waals surface area contributed by atoms with Gasteiger partial charge in [0, 0.05) is 28.8 Å². The third-order valence-corrected chi connectivity index (χ3v) is 5.30. The van der Waals surface area contributed by atoms with Crippen LogP contribution >= 0.6 is 10.7 Å². The summed E-state index contributed by atoms with van der Waals surface area (Å²) < 4.78 is 22.6. The van der Waals surface area contributed by atoms with Crippen molar-refractivity contribution in [3.05, 3.63) is 23.8 Å². The van der Waals surface area contributed by atoms with E-state index in [9.17, 15) is 13.2 Å². The van der Waals surface area contributed by atoms with E-state index in [2.05, 4.69) is 0 Å². The van der Waals surface area contributed by atoms with E-state index in [1.165, 1.54) is 6.07 Å². The molecule has 0 unspecified atom stereocenters. The molecule has 1 aromatic carbocycles. The van der Waals surface area contributed by atoms with Gasteiger partial charge in [-0.15, -0.1) is 0 Å². The van der Waals surface area contributed by atoms with Gasteiger partial charge < -0.3 is 4.90 Å². The van der Waals surface area contributed by atoms with E-state index in [0.29, 0.717) is 13.0 Å². The van der Waals surface area contributed by atoms with Crippen LogP contribution in [0.15, 0.2) is 23.1 Å². The highest BCUT2D eigenvalue weighted by molar-refractivity contribution is 8.13. The smallest absolute Gasteiger partial charge is 0.261 e. The van der Waals surface area contributed by atoms with Crippen molar-refractivity contribution in [1.29, 1.82) is 0 Å². The van der Waals surface area contributed by atoms with Crippen molar-refractivity contribution in [1.82, 2.24) is 0 Å². The molecule has 0 radical (unpaired) electrons. The summed E-state index contributed by atoms with van der Waals surface area (Å²) in [6.07, 6.45) is 3.76. The van der Waals surface area contributed by atoms with Gasteiger partial charge in [-0.2, -0.15) is 0 Å². The Morgan fingerprint density at radius 2 is 2.05 bits per heavy atom. The Hall–Kier alpha value is -1.07. The van der Waals surface area contributed by atoms with Gasteiger partial charge in [-0.25, -0.2) is 8.42 Å². The molecule has 0 bridgehead atoms. The van der Waals surface area contributed by atoms with Crippen LogP contribution in [-0.2, 0) is 20.3 Å². The third kappa shape index (κ3) is 2.25. The Balaban J connectivity index is 1.91. The lowest BCUT2D eigenvalue weighted by Crippen LogP contribution is -2.37. The Labute approximate surface area is 116 Å². The van der Waals surface area contributed by atoms with Gasteiger partial charge in [0.05, 0.1) is 4.90 Å². The van der Waals surface area contributed by atoms with E-state index in [-0.39, 0.29) is 16.7 Å². The molecule has 0 aromatic heterocycles. The van der Waals surface area contributed by atoms with Crippen LogP contribution in [-0.4, -0.2) is 20.9 Å². The molecule has 1 fully saturated rings. The van der Waals surface area contributed by atoms with Gasteiger partial charge in [0.2, 0.25) is 5.91 Å². The molecule has 1 aliphatic heterocycles. The molecule has 4 nitrogen and oxygen atoms in total. The highest BCUT2D eigenvalue weighted by Gasteiger charge is 2.33. The first-order valence-corrected chi connectivity index (χ1v) is 8.67. The van der Waals surface area contributed by atoms with Crippen molar-refractivity contribution in [3.63, 3.8) is 0 Å². The number of fused-ring (bicyclic) bond motifs is 1. The van der Waals surface area contributed by atoms with Crippen molar-refractivity contribution in [2.45, 2.75) is 30.6 Å². The minimum atomic E-state index is -3.70. The van der Waals surface area contributed by atoms with E-state index < -0.39 is 9.05 Å². The van der Waals surface area contributed by atoms with E-state index in [0.717, 1.165) is 30.5 Å². The molecule has 3 rings (SSSR count). The molecule has 1 saturated carbocycles. The molecular weight excluding hydrogens is 286 g/mol. The summed E-state index contributed by atoms with van der Waals surface area (Å²) in [5, 5.41) is 0. The van der Waals surface area contributed by atoms with Crippen LogP contribution in [0.3, 0.4) is 0 Å². The van der Waals surface area contributed by atoms with E-state index in [1.54, 1.807) is 17.0 Å². The normalized spacial score (nSPS) is 19.1. The highest BCUT2D eigenvalue weighted by atomic mass is 35.7. The fourth-order valence-electron chi connectivity index (χ4n) is 2.63. The first kappa shape index (κ1) is 12.9. The Morgan fingerprint density at radius 1 is 1.32 bits per heavy atom.